The molecule has 2 rings (SSSR count). The van der Waals surface area contributed by atoms with Crippen LogP contribution in [0.4, 0.5) is 10.1 Å². The summed E-state index contributed by atoms with van der Waals surface area (Å²) in [6, 6.07) is 10.4. The molecule has 0 aromatic heterocycles. The summed E-state index contributed by atoms with van der Waals surface area (Å²) in [5.74, 6) is -1.46. The van der Waals surface area contributed by atoms with Crippen molar-refractivity contribution < 1.29 is 18.7 Å². The number of para-hydroxylation sites is 1. The summed E-state index contributed by atoms with van der Waals surface area (Å²) in [6.07, 6.45) is 0. The highest BCUT2D eigenvalue weighted by Crippen LogP contribution is 2.20. The molecular formula is C15H11BrFNO3. The van der Waals surface area contributed by atoms with E-state index in [1.54, 1.807) is 24.3 Å². The molecule has 0 heterocycles. The summed E-state index contributed by atoms with van der Waals surface area (Å²) in [6.45, 7) is 0. The fraction of sp³-hybridized carbons (Fsp3) is 0.0667. The summed E-state index contributed by atoms with van der Waals surface area (Å²) in [5.41, 5.74) is 0.840. The molecule has 21 heavy (non-hydrogen) atoms. The van der Waals surface area contributed by atoms with Gasteiger partial charge in [0.25, 0.3) is 5.91 Å². The lowest BCUT2D eigenvalue weighted by Crippen LogP contribution is -2.15. The van der Waals surface area contributed by atoms with E-state index in [1.165, 1.54) is 25.3 Å². The molecule has 6 heteroatoms. The van der Waals surface area contributed by atoms with Gasteiger partial charge < -0.3 is 10.1 Å². The molecule has 0 bridgehead atoms. The highest BCUT2D eigenvalue weighted by atomic mass is 79.9. The van der Waals surface area contributed by atoms with Crippen molar-refractivity contribution in [3.05, 3.63) is 63.9 Å². The molecule has 0 fully saturated rings. The van der Waals surface area contributed by atoms with Gasteiger partial charge in [0, 0.05) is 5.56 Å². The van der Waals surface area contributed by atoms with Gasteiger partial charge in [-0.25, -0.2) is 9.18 Å². The van der Waals surface area contributed by atoms with E-state index in [2.05, 4.69) is 26.0 Å². The Morgan fingerprint density at radius 1 is 1.19 bits per heavy atom. The van der Waals surface area contributed by atoms with Crippen LogP contribution in [0.2, 0.25) is 0 Å². The quantitative estimate of drug-likeness (QED) is 0.859. The minimum absolute atomic E-state index is 0.191. The van der Waals surface area contributed by atoms with Crippen LogP contribution >= 0.6 is 15.9 Å². The molecule has 1 amide bonds. The van der Waals surface area contributed by atoms with E-state index in [4.69, 9.17) is 0 Å². The highest BCUT2D eigenvalue weighted by molar-refractivity contribution is 9.10. The maximum absolute atomic E-state index is 13.2. The maximum atomic E-state index is 13.2. The SMILES string of the molecule is COC(=O)c1ccccc1NC(=O)c1ccc(F)c(Br)c1. The van der Waals surface area contributed by atoms with Gasteiger partial charge >= 0.3 is 5.97 Å². The monoisotopic (exact) mass is 351 g/mol. The van der Waals surface area contributed by atoms with Gasteiger partial charge in [0.15, 0.2) is 0 Å². The first kappa shape index (κ1) is 15.2. The lowest BCUT2D eigenvalue weighted by molar-refractivity contribution is 0.0602. The Kier molecular flexibility index (Phi) is 4.70. The molecule has 0 atom stereocenters. The third-order valence-corrected chi connectivity index (χ3v) is 3.37. The second-order valence-electron chi connectivity index (χ2n) is 4.12. The largest absolute Gasteiger partial charge is 0.465 e. The molecule has 0 unspecified atom stereocenters. The van der Waals surface area contributed by atoms with Crippen LogP contribution < -0.4 is 5.32 Å². The second kappa shape index (κ2) is 6.49. The number of hydrogen-bond acceptors (Lipinski definition) is 3. The van der Waals surface area contributed by atoms with Gasteiger partial charge in [0.2, 0.25) is 0 Å². The van der Waals surface area contributed by atoms with Gasteiger partial charge in [-0.3, -0.25) is 4.79 Å². The van der Waals surface area contributed by atoms with E-state index < -0.39 is 17.7 Å². The van der Waals surface area contributed by atoms with Crippen molar-refractivity contribution in [2.75, 3.05) is 12.4 Å². The number of ether oxygens (including phenoxy) is 1. The predicted octanol–water partition coefficient (Wildman–Crippen LogP) is 3.63. The van der Waals surface area contributed by atoms with Crippen LogP contribution in [-0.4, -0.2) is 19.0 Å². The number of esters is 1. The zero-order valence-electron chi connectivity index (χ0n) is 11.0. The van der Waals surface area contributed by atoms with Gasteiger partial charge in [-0.1, -0.05) is 12.1 Å². The minimum atomic E-state index is -0.550. The zero-order chi connectivity index (χ0) is 15.4. The van der Waals surface area contributed by atoms with E-state index in [0.717, 1.165) is 0 Å². The van der Waals surface area contributed by atoms with Crippen LogP contribution in [0.3, 0.4) is 0 Å². The second-order valence-corrected chi connectivity index (χ2v) is 4.97. The molecule has 108 valence electrons. The number of halogens is 2. The van der Waals surface area contributed by atoms with E-state index >= 15 is 0 Å². The van der Waals surface area contributed by atoms with E-state index in [1.807, 2.05) is 0 Å². The van der Waals surface area contributed by atoms with Crippen molar-refractivity contribution in [2.45, 2.75) is 0 Å². The van der Waals surface area contributed by atoms with E-state index in [0.29, 0.717) is 5.69 Å². The number of nitrogens with one attached hydrogen (secondary N) is 1. The fourth-order valence-electron chi connectivity index (χ4n) is 1.71. The summed E-state index contributed by atoms with van der Waals surface area (Å²) in [7, 11) is 1.26. The van der Waals surface area contributed by atoms with Crippen LogP contribution in [0.1, 0.15) is 20.7 Å². The average molecular weight is 352 g/mol. The lowest BCUT2D eigenvalue weighted by Gasteiger charge is -2.10. The van der Waals surface area contributed by atoms with Crippen molar-refractivity contribution in [2.24, 2.45) is 0 Å². The number of methoxy groups -OCH3 is 1. The van der Waals surface area contributed by atoms with Crippen molar-refractivity contribution in [3.8, 4) is 0 Å². The molecule has 0 spiro atoms. The van der Waals surface area contributed by atoms with Crippen LogP contribution in [0, 0.1) is 5.82 Å². The molecular weight excluding hydrogens is 341 g/mol. The van der Waals surface area contributed by atoms with E-state index in [-0.39, 0.29) is 15.6 Å². The summed E-state index contributed by atoms with van der Waals surface area (Å²) < 4.78 is 18.0. The van der Waals surface area contributed by atoms with Crippen molar-refractivity contribution in [3.63, 3.8) is 0 Å². The number of hydrogen-bond donors (Lipinski definition) is 1. The zero-order valence-corrected chi connectivity index (χ0v) is 12.6. The van der Waals surface area contributed by atoms with Crippen LogP contribution in [-0.2, 0) is 4.74 Å². The molecule has 0 radical (unpaired) electrons. The minimum Gasteiger partial charge on any atom is -0.465 e. The van der Waals surface area contributed by atoms with Crippen molar-refractivity contribution in [1.82, 2.24) is 0 Å². The van der Waals surface area contributed by atoms with Crippen LogP contribution in [0.5, 0.6) is 0 Å². The van der Waals surface area contributed by atoms with Gasteiger partial charge in [-0.15, -0.1) is 0 Å². The Labute approximate surface area is 129 Å². The Morgan fingerprint density at radius 3 is 2.57 bits per heavy atom. The summed E-state index contributed by atoms with van der Waals surface area (Å²) >= 11 is 3.02. The van der Waals surface area contributed by atoms with Crippen LogP contribution in [0.15, 0.2) is 46.9 Å². The Hall–Kier alpha value is -2.21. The van der Waals surface area contributed by atoms with Gasteiger partial charge in [-0.05, 0) is 46.3 Å². The third-order valence-electron chi connectivity index (χ3n) is 2.76. The topological polar surface area (TPSA) is 55.4 Å². The number of anilines is 1. The first-order valence-electron chi connectivity index (χ1n) is 5.96. The molecule has 2 aromatic carbocycles. The van der Waals surface area contributed by atoms with Crippen molar-refractivity contribution in [1.29, 1.82) is 0 Å². The number of benzene rings is 2. The molecule has 0 saturated carbocycles. The normalized spacial score (nSPS) is 10.0. The van der Waals surface area contributed by atoms with Gasteiger partial charge in [-0.2, -0.15) is 0 Å². The fourth-order valence-corrected chi connectivity index (χ4v) is 2.09. The maximum Gasteiger partial charge on any atom is 0.339 e. The molecule has 4 nitrogen and oxygen atoms in total. The molecule has 0 aliphatic rings. The first-order chi connectivity index (χ1) is 10.0. The average Bonchev–Trinajstić information content (AvgIpc) is 2.49. The number of carbonyl (C=O) groups excluding carboxylic acids is 2. The Balaban J connectivity index is 2.27. The molecule has 0 saturated heterocycles. The number of carbonyl (C=O) groups is 2. The summed E-state index contributed by atoms with van der Waals surface area (Å²) in [5, 5.41) is 2.61. The van der Waals surface area contributed by atoms with Crippen LogP contribution in [0.25, 0.3) is 0 Å². The number of amides is 1. The van der Waals surface area contributed by atoms with E-state index in [9.17, 15) is 14.0 Å². The highest BCUT2D eigenvalue weighted by Gasteiger charge is 2.14. The third kappa shape index (κ3) is 3.46. The first-order valence-corrected chi connectivity index (χ1v) is 6.76. The number of rotatable bonds is 3. The molecule has 2 aromatic rings. The molecule has 0 aliphatic carbocycles. The van der Waals surface area contributed by atoms with Crippen molar-refractivity contribution >= 4 is 33.5 Å². The standard InChI is InChI=1S/C15H11BrFNO3/c1-21-15(20)10-4-2-3-5-13(10)18-14(19)9-6-7-12(17)11(16)8-9/h2-8H,1H3,(H,18,19). The van der Waals surface area contributed by atoms with Gasteiger partial charge in [0.1, 0.15) is 5.82 Å². The predicted molar refractivity (Wildman–Crippen MR) is 79.8 cm³/mol. The smallest absolute Gasteiger partial charge is 0.339 e. The van der Waals surface area contributed by atoms with Gasteiger partial charge in [0.05, 0.1) is 22.8 Å². The summed E-state index contributed by atoms with van der Waals surface area (Å²) in [4.78, 5) is 23.8. The molecule has 1 N–H and O–H groups in total. The molecule has 0 aliphatic heterocycles. The Morgan fingerprint density at radius 2 is 1.90 bits per heavy atom. The lowest BCUT2D eigenvalue weighted by atomic mass is 10.1. The Bertz CT molecular complexity index is 703.